The molecular formula is C15H13NO3S. The first-order valence-corrected chi connectivity index (χ1v) is 7.11. The van der Waals surface area contributed by atoms with Crippen LogP contribution < -0.4 is 5.32 Å². The van der Waals surface area contributed by atoms with E-state index in [9.17, 15) is 4.79 Å². The Morgan fingerprint density at radius 2 is 2.00 bits per heavy atom. The fourth-order valence-corrected chi connectivity index (χ4v) is 2.85. The van der Waals surface area contributed by atoms with Crippen LogP contribution in [0.3, 0.4) is 0 Å². The number of hydrogen-bond acceptors (Lipinski definition) is 4. The van der Waals surface area contributed by atoms with Gasteiger partial charge in [0, 0.05) is 11.4 Å². The van der Waals surface area contributed by atoms with Crippen LogP contribution in [0, 0.1) is 0 Å². The highest BCUT2D eigenvalue weighted by Gasteiger charge is 2.19. The molecule has 0 aromatic carbocycles. The minimum atomic E-state index is -0.219. The lowest BCUT2D eigenvalue weighted by Crippen LogP contribution is -2.28. The fraction of sp³-hybridized carbons (Fsp3) is 0.133. The molecule has 1 N–H and O–H groups in total. The highest BCUT2D eigenvalue weighted by Crippen LogP contribution is 2.28. The Balaban J connectivity index is 1.73. The summed E-state index contributed by atoms with van der Waals surface area (Å²) >= 11 is 1.64. The van der Waals surface area contributed by atoms with E-state index < -0.39 is 0 Å². The van der Waals surface area contributed by atoms with Crippen LogP contribution in [0.1, 0.15) is 27.1 Å². The van der Waals surface area contributed by atoms with Crippen molar-refractivity contribution in [3.05, 3.63) is 70.7 Å². The SMILES string of the molecule is O=C(NC[C@H](c1ccco1)c1cccs1)c1ccco1. The van der Waals surface area contributed by atoms with Crippen molar-refractivity contribution in [2.45, 2.75) is 5.92 Å². The van der Waals surface area contributed by atoms with Gasteiger partial charge in [0.25, 0.3) is 5.91 Å². The Kier molecular flexibility index (Phi) is 3.69. The molecule has 4 nitrogen and oxygen atoms in total. The maximum atomic E-state index is 11.9. The normalized spacial score (nSPS) is 12.2. The molecule has 1 amide bonds. The standard InChI is InChI=1S/C15H13NO3S/c17-15(13-5-2-8-19-13)16-10-11(12-4-1-7-18-12)14-6-3-9-20-14/h1-9,11H,10H2,(H,16,17)/t11-/m1/s1. The summed E-state index contributed by atoms with van der Waals surface area (Å²) in [5.74, 6) is 0.952. The van der Waals surface area contributed by atoms with Gasteiger partial charge in [0.2, 0.25) is 0 Å². The second kappa shape index (κ2) is 5.79. The molecule has 102 valence electrons. The predicted molar refractivity (Wildman–Crippen MR) is 75.9 cm³/mol. The zero-order valence-corrected chi connectivity index (χ0v) is 11.4. The second-order valence-corrected chi connectivity index (χ2v) is 5.25. The molecule has 3 heterocycles. The Labute approximate surface area is 120 Å². The number of carbonyl (C=O) groups is 1. The van der Waals surface area contributed by atoms with Crippen molar-refractivity contribution in [1.29, 1.82) is 0 Å². The Hall–Kier alpha value is -2.27. The highest BCUT2D eigenvalue weighted by atomic mass is 32.1. The van der Waals surface area contributed by atoms with Crippen LogP contribution in [0.5, 0.6) is 0 Å². The lowest BCUT2D eigenvalue weighted by atomic mass is 10.0. The van der Waals surface area contributed by atoms with E-state index >= 15 is 0 Å². The maximum absolute atomic E-state index is 11.9. The van der Waals surface area contributed by atoms with Crippen LogP contribution in [0.25, 0.3) is 0 Å². The van der Waals surface area contributed by atoms with Gasteiger partial charge in [-0.3, -0.25) is 4.79 Å². The van der Waals surface area contributed by atoms with Gasteiger partial charge in [0.1, 0.15) is 5.76 Å². The van der Waals surface area contributed by atoms with E-state index in [0.717, 1.165) is 10.6 Å². The number of rotatable bonds is 5. The first kappa shape index (κ1) is 12.7. The number of nitrogens with one attached hydrogen (secondary N) is 1. The molecule has 0 radical (unpaired) electrons. The zero-order valence-electron chi connectivity index (χ0n) is 10.6. The van der Waals surface area contributed by atoms with Gasteiger partial charge >= 0.3 is 0 Å². The van der Waals surface area contributed by atoms with Gasteiger partial charge in [-0.1, -0.05) is 6.07 Å². The van der Waals surface area contributed by atoms with Crippen molar-refractivity contribution in [1.82, 2.24) is 5.32 Å². The summed E-state index contributed by atoms with van der Waals surface area (Å²) in [6, 6.07) is 11.1. The van der Waals surface area contributed by atoms with Crippen LogP contribution in [0.4, 0.5) is 0 Å². The summed E-state index contributed by atoms with van der Waals surface area (Å²) in [6.45, 7) is 0.466. The third kappa shape index (κ3) is 2.67. The summed E-state index contributed by atoms with van der Waals surface area (Å²) in [5.41, 5.74) is 0. The van der Waals surface area contributed by atoms with Gasteiger partial charge in [0.05, 0.1) is 18.4 Å². The summed E-state index contributed by atoms with van der Waals surface area (Å²) in [7, 11) is 0. The molecule has 0 fully saturated rings. The molecule has 0 aliphatic carbocycles. The molecule has 0 bridgehead atoms. The van der Waals surface area contributed by atoms with Crippen molar-refractivity contribution in [3.8, 4) is 0 Å². The first-order chi connectivity index (χ1) is 9.84. The monoisotopic (exact) mass is 287 g/mol. The summed E-state index contributed by atoms with van der Waals surface area (Å²) in [4.78, 5) is 13.1. The van der Waals surface area contributed by atoms with Crippen LogP contribution in [-0.2, 0) is 0 Å². The van der Waals surface area contributed by atoms with Gasteiger partial charge in [-0.05, 0) is 35.7 Å². The molecule has 20 heavy (non-hydrogen) atoms. The van der Waals surface area contributed by atoms with Crippen LogP contribution in [0.15, 0.2) is 63.1 Å². The van der Waals surface area contributed by atoms with Crippen molar-refractivity contribution >= 4 is 17.2 Å². The van der Waals surface area contributed by atoms with E-state index in [1.807, 2.05) is 29.6 Å². The van der Waals surface area contributed by atoms with Gasteiger partial charge < -0.3 is 14.2 Å². The molecule has 3 aromatic heterocycles. The largest absolute Gasteiger partial charge is 0.469 e. The van der Waals surface area contributed by atoms with Crippen molar-refractivity contribution < 1.29 is 13.6 Å². The molecule has 3 rings (SSSR count). The quantitative estimate of drug-likeness (QED) is 0.781. The third-order valence-corrected chi connectivity index (χ3v) is 3.97. The van der Waals surface area contributed by atoms with Gasteiger partial charge in [0.15, 0.2) is 5.76 Å². The van der Waals surface area contributed by atoms with Crippen LogP contribution in [0.2, 0.25) is 0 Å². The zero-order chi connectivity index (χ0) is 13.8. The fourth-order valence-electron chi connectivity index (χ4n) is 2.01. The Morgan fingerprint density at radius 1 is 1.15 bits per heavy atom. The number of hydrogen-bond donors (Lipinski definition) is 1. The van der Waals surface area contributed by atoms with Crippen LogP contribution in [-0.4, -0.2) is 12.5 Å². The number of furan rings is 2. The average Bonchev–Trinajstić information content (AvgIpc) is 3.22. The number of carbonyl (C=O) groups excluding carboxylic acids is 1. The molecule has 0 aliphatic heterocycles. The molecular weight excluding hydrogens is 274 g/mol. The first-order valence-electron chi connectivity index (χ1n) is 6.23. The molecule has 0 aliphatic rings. The lowest BCUT2D eigenvalue weighted by molar-refractivity contribution is 0.0924. The molecule has 0 spiro atoms. The van der Waals surface area contributed by atoms with Gasteiger partial charge in [-0.2, -0.15) is 0 Å². The molecule has 1 atom stereocenters. The minimum absolute atomic E-state index is 0.0175. The van der Waals surface area contributed by atoms with E-state index in [4.69, 9.17) is 8.83 Å². The third-order valence-electron chi connectivity index (χ3n) is 2.98. The van der Waals surface area contributed by atoms with Crippen molar-refractivity contribution in [3.63, 3.8) is 0 Å². The van der Waals surface area contributed by atoms with E-state index in [-0.39, 0.29) is 11.8 Å². The predicted octanol–water partition coefficient (Wildman–Crippen LogP) is 3.50. The van der Waals surface area contributed by atoms with E-state index in [1.54, 1.807) is 29.7 Å². The van der Waals surface area contributed by atoms with Crippen molar-refractivity contribution in [2.24, 2.45) is 0 Å². The smallest absolute Gasteiger partial charge is 0.287 e. The Bertz CT molecular complexity index is 607. The Morgan fingerprint density at radius 3 is 2.65 bits per heavy atom. The molecule has 0 saturated heterocycles. The van der Waals surface area contributed by atoms with Crippen molar-refractivity contribution in [2.75, 3.05) is 6.54 Å². The van der Waals surface area contributed by atoms with Gasteiger partial charge in [-0.25, -0.2) is 0 Å². The van der Waals surface area contributed by atoms with E-state index in [0.29, 0.717) is 12.3 Å². The average molecular weight is 287 g/mol. The number of thiophene rings is 1. The second-order valence-electron chi connectivity index (χ2n) is 4.27. The molecule has 0 unspecified atom stereocenters. The topological polar surface area (TPSA) is 55.4 Å². The van der Waals surface area contributed by atoms with Gasteiger partial charge in [-0.15, -0.1) is 11.3 Å². The summed E-state index contributed by atoms with van der Waals surface area (Å²) < 4.78 is 10.6. The summed E-state index contributed by atoms with van der Waals surface area (Å²) in [6.07, 6.45) is 3.13. The summed E-state index contributed by atoms with van der Waals surface area (Å²) in [5, 5.41) is 4.89. The molecule has 3 aromatic rings. The minimum Gasteiger partial charge on any atom is -0.469 e. The maximum Gasteiger partial charge on any atom is 0.287 e. The number of amides is 1. The van der Waals surface area contributed by atoms with E-state index in [2.05, 4.69) is 5.32 Å². The lowest BCUT2D eigenvalue weighted by Gasteiger charge is -2.13. The molecule has 5 heteroatoms. The van der Waals surface area contributed by atoms with E-state index in [1.165, 1.54) is 6.26 Å². The van der Waals surface area contributed by atoms with Crippen LogP contribution >= 0.6 is 11.3 Å². The molecule has 0 saturated carbocycles. The highest BCUT2D eigenvalue weighted by molar-refractivity contribution is 7.10.